The first-order valence-electron chi connectivity index (χ1n) is 8.68. The first kappa shape index (κ1) is 17.7. The van der Waals surface area contributed by atoms with Gasteiger partial charge in [-0.2, -0.15) is 4.98 Å². The third-order valence-electron chi connectivity index (χ3n) is 4.05. The number of aromatic nitrogens is 2. The van der Waals surface area contributed by atoms with Crippen LogP contribution in [0.15, 0.2) is 54.6 Å². The van der Waals surface area contributed by atoms with E-state index in [1.807, 2.05) is 55.5 Å². The molecule has 3 rings (SSSR count). The number of anilines is 4. The summed E-state index contributed by atoms with van der Waals surface area (Å²) in [6.45, 7) is 6.30. The standard InChI is InChI=1S/C21H24N4O/c1-14(2)16-9-5-6-10-17(16)24-21-22-15(3)13-20(25-21)23-18-11-7-8-12-19(18)26-4/h5-14H,1-4H3,(H2,22,23,24,25). The highest BCUT2D eigenvalue weighted by Gasteiger charge is 2.10. The third-order valence-corrected chi connectivity index (χ3v) is 4.05. The van der Waals surface area contributed by atoms with Gasteiger partial charge in [0.15, 0.2) is 0 Å². The number of rotatable bonds is 6. The Bertz CT molecular complexity index is 893. The van der Waals surface area contributed by atoms with E-state index < -0.39 is 0 Å². The van der Waals surface area contributed by atoms with Crippen LogP contribution < -0.4 is 15.4 Å². The second-order valence-electron chi connectivity index (χ2n) is 6.41. The van der Waals surface area contributed by atoms with Crippen molar-refractivity contribution in [1.82, 2.24) is 9.97 Å². The van der Waals surface area contributed by atoms with Crippen molar-refractivity contribution in [2.45, 2.75) is 26.7 Å². The predicted octanol–water partition coefficient (Wildman–Crippen LogP) is 5.40. The van der Waals surface area contributed by atoms with E-state index in [9.17, 15) is 0 Å². The van der Waals surface area contributed by atoms with E-state index in [-0.39, 0.29) is 0 Å². The lowest BCUT2D eigenvalue weighted by atomic mass is 10.0. The summed E-state index contributed by atoms with van der Waals surface area (Å²) in [5.74, 6) is 2.46. The first-order valence-corrected chi connectivity index (χ1v) is 8.68. The topological polar surface area (TPSA) is 59.1 Å². The van der Waals surface area contributed by atoms with Gasteiger partial charge in [-0.1, -0.05) is 44.2 Å². The van der Waals surface area contributed by atoms with Crippen molar-refractivity contribution in [2.75, 3.05) is 17.7 Å². The number of ether oxygens (including phenoxy) is 1. The zero-order chi connectivity index (χ0) is 18.5. The highest BCUT2D eigenvalue weighted by molar-refractivity contribution is 5.66. The lowest BCUT2D eigenvalue weighted by Crippen LogP contribution is -2.05. The van der Waals surface area contributed by atoms with E-state index >= 15 is 0 Å². The maximum atomic E-state index is 5.39. The fourth-order valence-electron chi connectivity index (χ4n) is 2.81. The number of hydrogen-bond donors (Lipinski definition) is 2. The molecule has 0 spiro atoms. The molecule has 5 nitrogen and oxygen atoms in total. The Morgan fingerprint density at radius 3 is 2.31 bits per heavy atom. The highest BCUT2D eigenvalue weighted by Crippen LogP contribution is 2.28. The normalized spacial score (nSPS) is 10.7. The van der Waals surface area contributed by atoms with Crippen molar-refractivity contribution in [2.24, 2.45) is 0 Å². The van der Waals surface area contributed by atoms with Gasteiger partial charge in [0.25, 0.3) is 0 Å². The third kappa shape index (κ3) is 4.11. The SMILES string of the molecule is COc1ccccc1Nc1cc(C)nc(Nc2ccccc2C(C)C)n1. The summed E-state index contributed by atoms with van der Waals surface area (Å²) in [7, 11) is 1.65. The number of hydrogen-bond acceptors (Lipinski definition) is 5. The molecule has 2 aromatic carbocycles. The largest absolute Gasteiger partial charge is 0.495 e. The molecule has 26 heavy (non-hydrogen) atoms. The van der Waals surface area contributed by atoms with E-state index in [0.29, 0.717) is 17.7 Å². The van der Waals surface area contributed by atoms with Crippen molar-refractivity contribution >= 4 is 23.1 Å². The number of nitrogens with one attached hydrogen (secondary N) is 2. The van der Waals surface area contributed by atoms with Crippen LogP contribution in [0.1, 0.15) is 31.0 Å². The molecular formula is C21H24N4O. The summed E-state index contributed by atoms with van der Waals surface area (Å²) in [4.78, 5) is 9.13. The summed E-state index contributed by atoms with van der Waals surface area (Å²) in [5.41, 5.74) is 4.00. The molecule has 0 bridgehead atoms. The van der Waals surface area contributed by atoms with Gasteiger partial charge >= 0.3 is 0 Å². The van der Waals surface area contributed by atoms with Crippen LogP contribution in [0.3, 0.4) is 0 Å². The Kier molecular flexibility index (Phi) is 5.37. The second kappa shape index (κ2) is 7.87. The monoisotopic (exact) mass is 348 g/mol. The Morgan fingerprint density at radius 2 is 1.58 bits per heavy atom. The molecular weight excluding hydrogens is 324 g/mol. The van der Waals surface area contributed by atoms with Crippen LogP contribution in [0.5, 0.6) is 5.75 Å². The van der Waals surface area contributed by atoms with E-state index in [4.69, 9.17) is 4.74 Å². The number of para-hydroxylation sites is 3. The molecule has 0 aliphatic carbocycles. The Morgan fingerprint density at radius 1 is 0.885 bits per heavy atom. The van der Waals surface area contributed by atoms with Gasteiger partial charge in [0, 0.05) is 17.4 Å². The van der Waals surface area contributed by atoms with E-state index in [2.05, 4.69) is 40.5 Å². The van der Waals surface area contributed by atoms with Gasteiger partial charge in [-0.15, -0.1) is 0 Å². The second-order valence-corrected chi connectivity index (χ2v) is 6.41. The lowest BCUT2D eigenvalue weighted by molar-refractivity contribution is 0.417. The molecule has 1 heterocycles. The summed E-state index contributed by atoms with van der Waals surface area (Å²) < 4.78 is 5.39. The number of nitrogens with zero attached hydrogens (tertiary/aromatic N) is 2. The molecule has 2 N–H and O–H groups in total. The number of methoxy groups -OCH3 is 1. The number of benzene rings is 2. The minimum atomic E-state index is 0.412. The molecule has 0 saturated carbocycles. The predicted molar refractivity (Wildman–Crippen MR) is 107 cm³/mol. The van der Waals surface area contributed by atoms with Crippen LogP contribution in [-0.2, 0) is 0 Å². The van der Waals surface area contributed by atoms with Crippen LogP contribution in [0, 0.1) is 6.92 Å². The van der Waals surface area contributed by atoms with Gasteiger partial charge in [-0.3, -0.25) is 0 Å². The molecule has 0 atom stereocenters. The van der Waals surface area contributed by atoms with Gasteiger partial charge in [-0.05, 0) is 36.6 Å². The smallest absolute Gasteiger partial charge is 0.229 e. The van der Waals surface area contributed by atoms with Crippen molar-refractivity contribution in [3.05, 3.63) is 65.9 Å². The molecule has 0 aliphatic heterocycles. The highest BCUT2D eigenvalue weighted by atomic mass is 16.5. The lowest BCUT2D eigenvalue weighted by Gasteiger charge is -2.15. The molecule has 0 amide bonds. The average Bonchev–Trinajstić information content (AvgIpc) is 2.62. The van der Waals surface area contributed by atoms with E-state index in [1.165, 1.54) is 5.56 Å². The van der Waals surface area contributed by atoms with E-state index in [1.54, 1.807) is 7.11 Å². The minimum Gasteiger partial charge on any atom is -0.495 e. The average molecular weight is 348 g/mol. The summed E-state index contributed by atoms with van der Waals surface area (Å²) in [5, 5.41) is 6.67. The van der Waals surface area contributed by atoms with Crippen molar-refractivity contribution in [3.63, 3.8) is 0 Å². The minimum absolute atomic E-state index is 0.412. The molecule has 134 valence electrons. The Labute approximate surface area is 154 Å². The molecule has 0 aliphatic rings. The molecule has 1 aromatic heterocycles. The van der Waals surface area contributed by atoms with Crippen molar-refractivity contribution in [1.29, 1.82) is 0 Å². The molecule has 0 saturated heterocycles. The maximum absolute atomic E-state index is 5.39. The zero-order valence-corrected chi connectivity index (χ0v) is 15.6. The summed E-state index contributed by atoms with van der Waals surface area (Å²) in [6.07, 6.45) is 0. The van der Waals surface area contributed by atoms with Gasteiger partial charge in [0.05, 0.1) is 12.8 Å². The maximum Gasteiger partial charge on any atom is 0.229 e. The van der Waals surface area contributed by atoms with Gasteiger partial charge in [0.2, 0.25) is 5.95 Å². The molecule has 0 unspecified atom stereocenters. The zero-order valence-electron chi connectivity index (χ0n) is 15.6. The Balaban J connectivity index is 1.89. The molecule has 0 fully saturated rings. The van der Waals surface area contributed by atoms with Gasteiger partial charge in [0.1, 0.15) is 11.6 Å². The van der Waals surface area contributed by atoms with Gasteiger partial charge in [-0.25, -0.2) is 4.98 Å². The summed E-state index contributed by atoms with van der Waals surface area (Å²) >= 11 is 0. The Hall–Kier alpha value is -3.08. The molecule has 5 heteroatoms. The van der Waals surface area contributed by atoms with E-state index in [0.717, 1.165) is 22.8 Å². The quantitative estimate of drug-likeness (QED) is 0.624. The molecule has 0 radical (unpaired) electrons. The number of aryl methyl sites for hydroxylation is 1. The van der Waals surface area contributed by atoms with Crippen LogP contribution >= 0.6 is 0 Å². The fourth-order valence-corrected chi connectivity index (χ4v) is 2.81. The van der Waals surface area contributed by atoms with Crippen LogP contribution in [0.4, 0.5) is 23.1 Å². The van der Waals surface area contributed by atoms with Crippen LogP contribution in [0.2, 0.25) is 0 Å². The fraction of sp³-hybridized carbons (Fsp3) is 0.238. The van der Waals surface area contributed by atoms with Crippen molar-refractivity contribution in [3.8, 4) is 5.75 Å². The molecule has 3 aromatic rings. The summed E-state index contributed by atoms with van der Waals surface area (Å²) in [6, 6.07) is 17.9. The first-order chi connectivity index (χ1) is 12.6. The van der Waals surface area contributed by atoms with Crippen LogP contribution in [-0.4, -0.2) is 17.1 Å². The van der Waals surface area contributed by atoms with Crippen LogP contribution in [0.25, 0.3) is 0 Å². The van der Waals surface area contributed by atoms with Gasteiger partial charge < -0.3 is 15.4 Å². The van der Waals surface area contributed by atoms with Crippen molar-refractivity contribution < 1.29 is 4.74 Å².